The first-order valence-electron chi connectivity index (χ1n) is 13.4. The third kappa shape index (κ3) is 10.5. The summed E-state index contributed by atoms with van der Waals surface area (Å²) in [4.78, 5) is 49.4. The lowest BCUT2D eigenvalue weighted by Crippen LogP contribution is -2.40. The average molecular weight is 552 g/mol. The second-order valence-corrected chi connectivity index (χ2v) is 11.2. The smallest absolute Gasteiger partial charge is 0.480 e. The van der Waals surface area contributed by atoms with Gasteiger partial charge < -0.3 is 29.8 Å². The molecule has 0 fully saturated rings. The number of aliphatic carboxylic acids is 1. The minimum Gasteiger partial charge on any atom is -0.480 e. The first-order chi connectivity index (χ1) is 18.1. The van der Waals surface area contributed by atoms with Crippen LogP contribution in [-0.4, -0.2) is 48.4 Å². The van der Waals surface area contributed by atoms with Crippen LogP contribution in [-0.2, 0) is 23.9 Å². The lowest BCUT2D eigenvalue weighted by molar-refractivity contribution is -0.142. The summed E-state index contributed by atoms with van der Waals surface area (Å²) in [6.07, 6.45) is -0.864. The molecule has 0 saturated heterocycles. The van der Waals surface area contributed by atoms with Crippen molar-refractivity contribution in [3.63, 3.8) is 0 Å². The average Bonchev–Trinajstić information content (AvgIpc) is 2.86. The van der Waals surface area contributed by atoms with Crippen molar-refractivity contribution in [3.05, 3.63) is 23.8 Å². The Morgan fingerprint density at radius 2 is 1.26 bits per heavy atom. The largest absolute Gasteiger partial charge is 0.508 e. The predicted octanol–water partition coefficient (Wildman–Crippen LogP) is 5.02. The number of hydrogen-bond acceptors (Lipinski definition) is 9. The van der Waals surface area contributed by atoms with Crippen LogP contribution in [0.3, 0.4) is 0 Å². The lowest BCUT2D eigenvalue weighted by atomic mass is 9.82. The van der Waals surface area contributed by atoms with Gasteiger partial charge in [0.1, 0.15) is 6.04 Å². The summed E-state index contributed by atoms with van der Waals surface area (Å²) in [5.41, 5.74) is 6.48. The van der Waals surface area contributed by atoms with E-state index < -0.39 is 53.8 Å². The third-order valence-corrected chi connectivity index (χ3v) is 6.80. The Balaban J connectivity index is 3.41. The Morgan fingerprint density at radius 3 is 1.72 bits per heavy atom. The number of rotatable bonds is 14. The number of carboxylic acid groups (broad SMARTS) is 1. The van der Waals surface area contributed by atoms with Crippen LogP contribution in [0.15, 0.2) is 18.2 Å². The molecule has 1 aromatic rings. The minimum absolute atomic E-state index is 0.00606. The number of benzene rings is 1. The van der Waals surface area contributed by atoms with Crippen LogP contribution in [0.25, 0.3) is 0 Å². The Bertz CT molecular complexity index is 989. The lowest BCUT2D eigenvalue weighted by Gasteiger charge is -2.28. The molecule has 0 aliphatic carbocycles. The van der Waals surface area contributed by atoms with E-state index in [2.05, 4.69) is 0 Å². The molecule has 0 bridgehead atoms. The molecule has 0 aliphatic heterocycles. The highest BCUT2D eigenvalue weighted by Crippen LogP contribution is 2.37. The molecule has 1 aromatic carbocycles. The van der Waals surface area contributed by atoms with Gasteiger partial charge in [-0.15, -0.1) is 0 Å². The molecule has 0 amide bonds. The molecule has 0 saturated carbocycles. The molecular formula is C29H45NO9. The van der Waals surface area contributed by atoms with Gasteiger partial charge in [0.2, 0.25) is 0 Å². The van der Waals surface area contributed by atoms with Gasteiger partial charge in [-0.3, -0.25) is 14.4 Å². The van der Waals surface area contributed by atoms with Gasteiger partial charge in [0.25, 0.3) is 0 Å². The van der Waals surface area contributed by atoms with E-state index in [0.717, 1.165) is 0 Å². The molecular weight excluding hydrogens is 506 g/mol. The maximum absolute atomic E-state index is 12.8. The molecule has 220 valence electrons. The van der Waals surface area contributed by atoms with Gasteiger partial charge in [-0.05, 0) is 41.4 Å². The van der Waals surface area contributed by atoms with E-state index in [9.17, 15) is 24.3 Å². The maximum Gasteiger partial charge on any atom is 0.508 e. The van der Waals surface area contributed by atoms with Gasteiger partial charge in [-0.25, -0.2) is 4.79 Å². The first kappa shape index (κ1) is 33.9. The summed E-state index contributed by atoms with van der Waals surface area (Å²) in [7, 11) is 0. The molecule has 10 nitrogen and oxygen atoms in total. The highest BCUT2D eigenvalue weighted by atomic mass is 16.7. The first-order valence-corrected chi connectivity index (χ1v) is 13.4. The molecule has 0 radical (unpaired) electrons. The summed E-state index contributed by atoms with van der Waals surface area (Å²) in [5, 5.41) is 9.71. The van der Waals surface area contributed by atoms with Gasteiger partial charge in [0, 0.05) is 5.92 Å². The Kier molecular flexibility index (Phi) is 13.4. The summed E-state index contributed by atoms with van der Waals surface area (Å²) in [6.45, 7) is 16.5. The molecule has 0 heterocycles. The highest BCUT2D eigenvalue weighted by molar-refractivity contribution is 5.79. The van der Waals surface area contributed by atoms with E-state index in [4.69, 9.17) is 24.7 Å². The van der Waals surface area contributed by atoms with Crippen molar-refractivity contribution >= 4 is 24.1 Å². The normalized spacial score (nSPS) is 15.3. The molecule has 0 spiro atoms. The summed E-state index contributed by atoms with van der Waals surface area (Å²) < 4.78 is 21.5. The van der Waals surface area contributed by atoms with Crippen LogP contribution in [0, 0.1) is 35.5 Å². The Labute approximate surface area is 231 Å². The van der Waals surface area contributed by atoms with E-state index in [0.29, 0.717) is 5.56 Å². The number of carbonyl (C=O) groups is 4. The molecule has 3 N–H and O–H groups in total. The topological polar surface area (TPSA) is 151 Å². The van der Waals surface area contributed by atoms with Crippen LogP contribution in [0.2, 0.25) is 0 Å². The summed E-state index contributed by atoms with van der Waals surface area (Å²) in [5.74, 6) is -4.41. The van der Waals surface area contributed by atoms with E-state index in [-0.39, 0.29) is 42.5 Å². The number of hydrogen-bond donors (Lipinski definition) is 2. The van der Waals surface area contributed by atoms with Crippen LogP contribution < -0.4 is 15.2 Å². The van der Waals surface area contributed by atoms with Crippen molar-refractivity contribution in [2.75, 3.05) is 13.2 Å². The van der Waals surface area contributed by atoms with Crippen molar-refractivity contribution in [1.82, 2.24) is 0 Å². The monoisotopic (exact) mass is 551 g/mol. The number of esters is 2. The maximum atomic E-state index is 12.8. The number of carbonyl (C=O) groups excluding carboxylic acids is 3. The zero-order valence-electron chi connectivity index (χ0n) is 24.6. The van der Waals surface area contributed by atoms with Crippen molar-refractivity contribution in [2.24, 2.45) is 41.2 Å². The molecule has 39 heavy (non-hydrogen) atoms. The van der Waals surface area contributed by atoms with Crippen LogP contribution in [0.5, 0.6) is 11.5 Å². The second kappa shape index (κ2) is 15.5. The molecule has 10 heteroatoms. The molecule has 0 aromatic heterocycles. The number of carboxylic acids is 1. The van der Waals surface area contributed by atoms with Crippen molar-refractivity contribution < 1.29 is 43.2 Å². The molecule has 5 atom stereocenters. The van der Waals surface area contributed by atoms with Gasteiger partial charge in [-0.2, -0.15) is 0 Å². The minimum atomic E-state index is -1.37. The van der Waals surface area contributed by atoms with Gasteiger partial charge in [-0.1, -0.05) is 68.4 Å². The van der Waals surface area contributed by atoms with E-state index in [1.807, 2.05) is 41.5 Å². The van der Waals surface area contributed by atoms with Crippen LogP contribution in [0.1, 0.15) is 73.8 Å². The van der Waals surface area contributed by atoms with Crippen LogP contribution >= 0.6 is 0 Å². The van der Waals surface area contributed by atoms with Gasteiger partial charge in [0.05, 0.1) is 25.0 Å². The predicted molar refractivity (Wildman–Crippen MR) is 145 cm³/mol. The van der Waals surface area contributed by atoms with Crippen LogP contribution in [0.4, 0.5) is 4.79 Å². The Morgan fingerprint density at radius 1 is 0.769 bits per heavy atom. The zero-order valence-corrected chi connectivity index (χ0v) is 24.6. The summed E-state index contributed by atoms with van der Waals surface area (Å²) >= 11 is 0. The quantitative estimate of drug-likeness (QED) is 0.238. The fraction of sp³-hybridized carbons (Fsp3) is 0.655. The SMILES string of the molecule is CC(C)COC(=O)OCC(C)C(c1ccc(OC(=O)C(C)C(C)C)c(OC(=O)C(C)C(C)C)c1)[C@H](N)C(=O)O. The van der Waals surface area contributed by atoms with E-state index in [1.165, 1.54) is 12.1 Å². The number of ether oxygens (including phenoxy) is 4. The standard InChI is InChI=1S/C29H45NO9/c1-15(2)13-36-29(35)37-14-18(7)24(25(30)26(31)32)21-10-11-22(38-27(33)19(8)16(3)4)23(12-21)39-28(34)20(9)17(5)6/h10-12,15-20,24-25H,13-14,30H2,1-9H3,(H,31,32)/t18?,19?,20?,24?,25-/m0/s1. The Hall–Kier alpha value is -3.14. The molecule has 1 rings (SSSR count). The fourth-order valence-corrected chi connectivity index (χ4v) is 3.47. The van der Waals surface area contributed by atoms with Crippen molar-refractivity contribution in [2.45, 2.75) is 74.3 Å². The second-order valence-electron chi connectivity index (χ2n) is 11.2. The molecule has 4 unspecified atom stereocenters. The summed E-state index contributed by atoms with van der Waals surface area (Å²) in [6, 6.07) is 3.10. The zero-order chi connectivity index (χ0) is 30.0. The highest BCUT2D eigenvalue weighted by Gasteiger charge is 2.33. The van der Waals surface area contributed by atoms with Gasteiger partial charge in [0.15, 0.2) is 11.5 Å². The van der Waals surface area contributed by atoms with E-state index in [1.54, 1.807) is 26.8 Å². The fourth-order valence-electron chi connectivity index (χ4n) is 3.47. The molecule has 0 aliphatic rings. The van der Waals surface area contributed by atoms with E-state index >= 15 is 0 Å². The third-order valence-electron chi connectivity index (χ3n) is 6.80. The van der Waals surface area contributed by atoms with Gasteiger partial charge >= 0.3 is 24.1 Å². The number of nitrogens with two attached hydrogens (primary N) is 1. The van der Waals surface area contributed by atoms with Crippen molar-refractivity contribution in [1.29, 1.82) is 0 Å². The van der Waals surface area contributed by atoms with Crippen molar-refractivity contribution in [3.8, 4) is 11.5 Å².